The van der Waals surface area contributed by atoms with Crippen LogP contribution in [0.4, 0.5) is 0 Å². The molecule has 1 rings (SSSR count). The predicted molar refractivity (Wildman–Crippen MR) is 46.9 cm³/mol. The Morgan fingerprint density at radius 2 is 2.14 bits per heavy atom. The smallest absolute Gasteiger partial charge is 0.231 e. The van der Waals surface area contributed by atoms with Crippen molar-refractivity contribution < 1.29 is 23.8 Å². The summed E-state index contributed by atoms with van der Waals surface area (Å²) in [6.07, 6.45) is -1.00. The fourth-order valence-corrected chi connectivity index (χ4v) is 1.04. The largest absolute Gasteiger partial charge is 0.461 e. The molecule has 5 heteroatoms. The molecular formula is C9H12O5. The predicted octanol–water partition coefficient (Wildman–Crippen LogP) is 0.442. The molecule has 1 N–H and O–H groups in total. The average molecular weight is 200 g/mol. The summed E-state index contributed by atoms with van der Waals surface area (Å²) in [6, 6.07) is 3.03. The van der Waals surface area contributed by atoms with Gasteiger partial charge in [0.1, 0.15) is 0 Å². The van der Waals surface area contributed by atoms with Crippen molar-refractivity contribution in [2.75, 3.05) is 14.2 Å². The molecule has 0 fully saturated rings. The molecule has 1 heterocycles. The van der Waals surface area contributed by atoms with Gasteiger partial charge in [-0.25, -0.2) is 0 Å². The van der Waals surface area contributed by atoms with Crippen molar-refractivity contribution in [3.05, 3.63) is 24.2 Å². The van der Waals surface area contributed by atoms with Crippen LogP contribution in [0.25, 0.3) is 0 Å². The maximum Gasteiger partial charge on any atom is 0.231 e. The first-order chi connectivity index (χ1) is 6.70. The minimum atomic E-state index is -1.38. The number of rotatable bonds is 5. The molecule has 0 aromatic carbocycles. The number of aliphatic hydroxyl groups is 1. The first-order valence-corrected chi connectivity index (χ1v) is 4.02. The van der Waals surface area contributed by atoms with Crippen molar-refractivity contribution in [3.8, 4) is 0 Å². The lowest BCUT2D eigenvalue weighted by Gasteiger charge is -2.17. The van der Waals surface area contributed by atoms with Gasteiger partial charge in [-0.1, -0.05) is 0 Å². The summed E-state index contributed by atoms with van der Waals surface area (Å²) in [5.41, 5.74) is 0. The van der Waals surface area contributed by atoms with Crippen LogP contribution in [0.1, 0.15) is 10.6 Å². The van der Waals surface area contributed by atoms with E-state index in [0.717, 1.165) is 0 Å². The number of carbonyl (C=O) groups excluding carboxylic acids is 1. The van der Waals surface area contributed by atoms with Gasteiger partial charge in [0.05, 0.1) is 6.26 Å². The van der Waals surface area contributed by atoms with Gasteiger partial charge in [0.2, 0.25) is 5.78 Å². The van der Waals surface area contributed by atoms with E-state index in [1.165, 1.54) is 26.5 Å². The van der Waals surface area contributed by atoms with Gasteiger partial charge in [-0.2, -0.15) is 0 Å². The number of hydrogen-bond donors (Lipinski definition) is 1. The number of Topliss-reactive ketones (excluding diaryl/α,β-unsaturated/α-hetero) is 1. The van der Waals surface area contributed by atoms with Crippen molar-refractivity contribution >= 4 is 5.78 Å². The van der Waals surface area contributed by atoms with E-state index in [-0.39, 0.29) is 5.76 Å². The molecule has 1 aromatic rings. The number of ether oxygens (including phenoxy) is 2. The maximum atomic E-state index is 11.5. The van der Waals surface area contributed by atoms with Gasteiger partial charge in [-0.15, -0.1) is 0 Å². The Balaban J connectivity index is 2.69. The summed E-state index contributed by atoms with van der Waals surface area (Å²) in [5, 5.41) is 9.49. The molecule has 1 atom stereocenters. The summed E-state index contributed by atoms with van der Waals surface area (Å²) in [4.78, 5) is 11.5. The number of furan rings is 1. The highest BCUT2D eigenvalue weighted by atomic mass is 16.7. The third-order valence-corrected chi connectivity index (χ3v) is 1.76. The summed E-state index contributed by atoms with van der Waals surface area (Å²) < 4.78 is 14.3. The molecule has 1 aromatic heterocycles. The normalized spacial score (nSPS) is 13.1. The zero-order chi connectivity index (χ0) is 10.6. The van der Waals surface area contributed by atoms with E-state index in [1.807, 2.05) is 0 Å². The fraction of sp³-hybridized carbons (Fsp3) is 0.444. The van der Waals surface area contributed by atoms with Crippen LogP contribution in [-0.2, 0) is 9.47 Å². The zero-order valence-electron chi connectivity index (χ0n) is 7.97. The van der Waals surface area contributed by atoms with Crippen LogP contribution < -0.4 is 0 Å². The quantitative estimate of drug-likeness (QED) is 0.551. The number of methoxy groups -OCH3 is 2. The monoisotopic (exact) mass is 200 g/mol. The highest BCUT2D eigenvalue weighted by molar-refractivity contribution is 5.97. The molecule has 78 valence electrons. The number of hydrogen-bond acceptors (Lipinski definition) is 5. The van der Waals surface area contributed by atoms with Gasteiger partial charge >= 0.3 is 0 Å². The Kier molecular flexibility index (Phi) is 3.82. The first kappa shape index (κ1) is 10.9. The van der Waals surface area contributed by atoms with Crippen LogP contribution in [0, 0.1) is 0 Å². The van der Waals surface area contributed by atoms with Crippen molar-refractivity contribution in [3.63, 3.8) is 0 Å². The lowest BCUT2D eigenvalue weighted by molar-refractivity contribution is -0.150. The second-order valence-electron chi connectivity index (χ2n) is 2.63. The molecule has 0 saturated heterocycles. The molecule has 0 amide bonds. The standard InChI is InChI=1S/C9H12O5/c1-12-9(13-2)8(11)7(10)6-4-3-5-14-6/h3-5,8-9,11H,1-2H3. The van der Waals surface area contributed by atoms with Crippen LogP contribution in [-0.4, -0.2) is 37.5 Å². The lowest BCUT2D eigenvalue weighted by Crippen LogP contribution is -2.36. The van der Waals surface area contributed by atoms with Crippen LogP contribution in [0.5, 0.6) is 0 Å². The minimum absolute atomic E-state index is 0.0802. The maximum absolute atomic E-state index is 11.5. The van der Waals surface area contributed by atoms with Crippen LogP contribution in [0.3, 0.4) is 0 Å². The molecular weight excluding hydrogens is 188 g/mol. The molecule has 14 heavy (non-hydrogen) atoms. The van der Waals surface area contributed by atoms with E-state index in [4.69, 9.17) is 13.9 Å². The van der Waals surface area contributed by atoms with Gasteiger partial charge in [-0.3, -0.25) is 4.79 Å². The summed E-state index contributed by atoms with van der Waals surface area (Å²) in [5.74, 6) is -0.486. The SMILES string of the molecule is COC(OC)C(O)C(=O)c1ccco1. The highest BCUT2D eigenvalue weighted by Crippen LogP contribution is 2.09. The number of ketones is 1. The van der Waals surface area contributed by atoms with Crippen LogP contribution in [0.15, 0.2) is 22.8 Å². The van der Waals surface area contributed by atoms with Crippen molar-refractivity contribution in [1.82, 2.24) is 0 Å². The van der Waals surface area contributed by atoms with Gasteiger partial charge in [-0.05, 0) is 12.1 Å². The molecule has 0 aliphatic rings. The fourth-order valence-electron chi connectivity index (χ4n) is 1.04. The molecule has 0 spiro atoms. The molecule has 0 saturated carbocycles. The first-order valence-electron chi connectivity index (χ1n) is 4.02. The van der Waals surface area contributed by atoms with Crippen molar-refractivity contribution in [2.45, 2.75) is 12.4 Å². The molecule has 0 aliphatic carbocycles. The Hall–Kier alpha value is -1.17. The van der Waals surface area contributed by atoms with Gasteiger partial charge < -0.3 is 19.0 Å². The van der Waals surface area contributed by atoms with E-state index >= 15 is 0 Å². The third kappa shape index (κ3) is 2.20. The van der Waals surface area contributed by atoms with Crippen LogP contribution >= 0.6 is 0 Å². The molecule has 5 nitrogen and oxygen atoms in total. The zero-order valence-corrected chi connectivity index (χ0v) is 7.97. The third-order valence-electron chi connectivity index (χ3n) is 1.76. The Labute approximate surface area is 81.2 Å². The van der Waals surface area contributed by atoms with E-state index in [1.54, 1.807) is 6.07 Å². The van der Waals surface area contributed by atoms with Crippen LogP contribution in [0.2, 0.25) is 0 Å². The summed E-state index contributed by atoms with van der Waals surface area (Å²) in [6.45, 7) is 0. The van der Waals surface area contributed by atoms with Gasteiger partial charge in [0, 0.05) is 14.2 Å². The Morgan fingerprint density at radius 3 is 2.57 bits per heavy atom. The Bertz CT molecular complexity index is 275. The summed E-state index contributed by atoms with van der Waals surface area (Å²) >= 11 is 0. The summed E-state index contributed by atoms with van der Waals surface area (Å²) in [7, 11) is 2.68. The highest BCUT2D eigenvalue weighted by Gasteiger charge is 2.28. The average Bonchev–Trinajstić information content (AvgIpc) is 2.71. The van der Waals surface area contributed by atoms with E-state index in [0.29, 0.717) is 0 Å². The van der Waals surface area contributed by atoms with Gasteiger partial charge in [0.25, 0.3) is 0 Å². The second-order valence-corrected chi connectivity index (χ2v) is 2.63. The number of aliphatic hydroxyl groups excluding tert-OH is 1. The van der Waals surface area contributed by atoms with Gasteiger partial charge in [0.15, 0.2) is 18.2 Å². The second kappa shape index (κ2) is 4.90. The van der Waals surface area contributed by atoms with E-state index in [2.05, 4.69) is 0 Å². The molecule has 0 bridgehead atoms. The Morgan fingerprint density at radius 1 is 1.50 bits per heavy atom. The molecule has 0 aliphatic heterocycles. The molecule has 1 unspecified atom stereocenters. The van der Waals surface area contributed by atoms with Crippen molar-refractivity contribution in [2.24, 2.45) is 0 Å². The minimum Gasteiger partial charge on any atom is -0.461 e. The van der Waals surface area contributed by atoms with Crippen molar-refractivity contribution in [1.29, 1.82) is 0 Å². The van der Waals surface area contributed by atoms with E-state index < -0.39 is 18.2 Å². The topological polar surface area (TPSA) is 68.9 Å². The lowest BCUT2D eigenvalue weighted by atomic mass is 10.2. The van der Waals surface area contributed by atoms with E-state index in [9.17, 15) is 9.90 Å². The number of carbonyl (C=O) groups is 1. The molecule has 0 radical (unpaired) electrons.